The van der Waals surface area contributed by atoms with Crippen LogP contribution < -0.4 is 10.9 Å². The predicted octanol–water partition coefficient (Wildman–Crippen LogP) is 3.76. The molecule has 31 heavy (non-hydrogen) atoms. The number of aromatic nitrogens is 3. The molecule has 8 heteroatoms. The Kier molecular flexibility index (Phi) is 6.18. The van der Waals surface area contributed by atoms with Crippen LogP contribution in [0.3, 0.4) is 0 Å². The fourth-order valence-corrected chi connectivity index (χ4v) is 3.99. The van der Waals surface area contributed by atoms with Crippen molar-refractivity contribution in [3.05, 3.63) is 88.7 Å². The molecule has 156 valence electrons. The number of rotatable bonds is 7. The Labute approximate surface area is 182 Å². The number of amides is 1. The highest BCUT2D eigenvalue weighted by Crippen LogP contribution is 2.33. The highest BCUT2D eigenvalue weighted by Gasteiger charge is 2.13. The van der Waals surface area contributed by atoms with Crippen LogP contribution in [-0.4, -0.2) is 27.2 Å². The molecule has 0 bridgehead atoms. The summed E-state index contributed by atoms with van der Waals surface area (Å²) in [6.07, 6.45) is 4.50. The number of thiazole rings is 1. The molecule has 0 unspecified atom stereocenters. The first-order valence-corrected chi connectivity index (χ1v) is 10.5. The molecule has 0 radical (unpaired) electrons. The van der Waals surface area contributed by atoms with Gasteiger partial charge in [-0.05, 0) is 31.2 Å². The van der Waals surface area contributed by atoms with Crippen molar-refractivity contribution < 1.29 is 9.21 Å². The van der Waals surface area contributed by atoms with Crippen LogP contribution >= 0.6 is 11.3 Å². The van der Waals surface area contributed by atoms with E-state index in [0.29, 0.717) is 11.5 Å². The first-order chi connectivity index (χ1) is 15.1. The topological polar surface area (TPSA) is 90.0 Å². The molecule has 4 rings (SSSR count). The molecule has 0 aliphatic carbocycles. The molecule has 0 spiro atoms. The first-order valence-electron chi connectivity index (χ1n) is 9.71. The smallest absolute Gasteiger partial charge is 0.266 e. The maximum absolute atomic E-state index is 12.2. The lowest BCUT2D eigenvalue weighted by Crippen LogP contribution is -2.31. The maximum Gasteiger partial charge on any atom is 0.266 e. The van der Waals surface area contributed by atoms with Gasteiger partial charge in [0.25, 0.3) is 5.56 Å². The second-order valence-corrected chi connectivity index (χ2v) is 7.72. The lowest BCUT2D eigenvalue weighted by molar-refractivity contribution is -0.116. The van der Waals surface area contributed by atoms with E-state index in [2.05, 4.69) is 15.4 Å². The molecule has 0 saturated carbocycles. The van der Waals surface area contributed by atoms with Gasteiger partial charge in [0, 0.05) is 24.3 Å². The van der Waals surface area contributed by atoms with Crippen LogP contribution in [0.25, 0.3) is 27.2 Å². The number of benzene rings is 1. The molecule has 7 nitrogen and oxygen atoms in total. The van der Waals surface area contributed by atoms with Gasteiger partial charge in [-0.3, -0.25) is 9.59 Å². The van der Waals surface area contributed by atoms with E-state index in [-0.39, 0.29) is 24.6 Å². The van der Waals surface area contributed by atoms with E-state index in [4.69, 9.17) is 4.42 Å². The van der Waals surface area contributed by atoms with Crippen molar-refractivity contribution in [1.29, 1.82) is 0 Å². The van der Waals surface area contributed by atoms with Crippen LogP contribution in [0.1, 0.15) is 11.5 Å². The average molecular weight is 433 g/mol. The Morgan fingerprint density at radius 2 is 2.00 bits per heavy atom. The summed E-state index contributed by atoms with van der Waals surface area (Å²) < 4.78 is 6.50. The van der Waals surface area contributed by atoms with Gasteiger partial charge in [0.15, 0.2) is 0 Å². The standard InChI is InChI=1S/C23H20N4O3S/c1-16-22(31-23(25-16)17-6-3-2-4-7-17)19-10-12-21(29)27(26-19)14-13-24-20(28)11-9-18-8-5-15-30-18/h2-12,15H,13-14H2,1H3,(H,24,28). The van der Waals surface area contributed by atoms with E-state index < -0.39 is 0 Å². The van der Waals surface area contributed by atoms with E-state index >= 15 is 0 Å². The van der Waals surface area contributed by atoms with E-state index in [9.17, 15) is 9.59 Å². The molecule has 4 aromatic rings. The molecule has 0 aliphatic heterocycles. The highest BCUT2D eigenvalue weighted by atomic mass is 32.1. The Balaban J connectivity index is 1.45. The molecule has 0 atom stereocenters. The molecular formula is C23H20N4O3S. The summed E-state index contributed by atoms with van der Waals surface area (Å²) >= 11 is 1.54. The molecule has 0 saturated heterocycles. The van der Waals surface area contributed by atoms with Gasteiger partial charge >= 0.3 is 0 Å². The van der Waals surface area contributed by atoms with Crippen molar-refractivity contribution in [2.45, 2.75) is 13.5 Å². The number of hydrogen-bond donors (Lipinski definition) is 1. The van der Waals surface area contributed by atoms with Crippen LogP contribution in [0.15, 0.2) is 76.1 Å². The molecule has 1 amide bonds. The summed E-state index contributed by atoms with van der Waals surface area (Å²) in [5, 5.41) is 8.13. The average Bonchev–Trinajstić information content (AvgIpc) is 3.44. The summed E-state index contributed by atoms with van der Waals surface area (Å²) in [7, 11) is 0. The van der Waals surface area contributed by atoms with Gasteiger partial charge in [-0.1, -0.05) is 30.3 Å². The third-order valence-corrected chi connectivity index (χ3v) is 5.71. The molecule has 3 aromatic heterocycles. The van der Waals surface area contributed by atoms with Crippen molar-refractivity contribution in [2.75, 3.05) is 6.54 Å². The van der Waals surface area contributed by atoms with Gasteiger partial charge in [0.1, 0.15) is 16.5 Å². The van der Waals surface area contributed by atoms with Gasteiger partial charge in [-0.25, -0.2) is 9.67 Å². The summed E-state index contributed by atoms with van der Waals surface area (Å²) in [4.78, 5) is 29.7. The van der Waals surface area contributed by atoms with Crippen molar-refractivity contribution in [3.8, 4) is 21.1 Å². The monoisotopic (exact) mass is 432 g/mol. The highest BCUT2D eigenvalue weighted by molar-refractivity contribution is 7.18. The van der Waals surface area contributed by atoms with Gasteiger partial charge in [0.2, 0.25) is 5.91 Å². The van der Waals surface area contributed by atoms with Gasteiger partial charge < -0.3 is 9.73 Å². The van der Waals surface area contributed by atoms with Gasteiger partial charge in [0.05, 0.1) is 23.4 Å². The van der Waals surface area contributed by atoms with E-state index in [1.54, 1.807) is 24.3 Å². The zero-order valence-electron chi connectivity index (χ0n) is 16.8. The number of nitrogens with zero attached hydrogens (tertiary/aromatic N) is 3. The summed E-state index contributed by atoms with van der Waals surface area (Å²) in [5.74, 6) is 0.321. The number of furan rings is 1. The Bertz CT molecular complexity index is 1260. The van der Waals surface area contributed by atoms with Crippen LogP contribution in [0.5, 0.6) is 0 Å². The molecular weight excluding hydrogens is 412 g/mol. The van der Waals surface area contributed by atoms with E-state index in [1.807, 2.05) is 37.3 Å². The Morgan fingerprint density at radius 1 is 1.16 bits per heavy atom. The molecule has 1 N–H and O–H groups in total. The molecule has 1 aromatic carbocycles. The third kappa shape index (κ3) is 5.04. The zero-order chi connectivity index (χ0) is 21.6. The number of hydrogen-bond acceptors (Lipinski definition) is 6. The molecule has 0 aliphatic rings. The SMILES string of the molecule is Cc1nc(-c2ccccc2)sc1-c1ccc(=O)n(CCNC(=O)C=Cc2ccco2)n1. The maximum atomic E-state index is 12.2. The quantitative estimate of drug-likeness (QED) is 0.449. The lowest BCUT2D eigenvalue weighted by Gasteiger charge is -2.07. The predicted molar refractivity (Wildman–Crippen MR) is 121 cm³/mol. The molecule has 3 heterocycles. The number of carbonyl (C=O) groups excluding carboxylic acids is 1. The van der Waals surface area contributed by atoms with Crippen LogP contribution in [0.4, 0.5) is 0 Å². The second-order valence-electron chi connectivity index (χ2n) is 6.72. The number of aryl methyl sites for hydroxylation is 1. The lowest BCUT2D eigenvalue weighted by atomic mass is 10.2. The third-order valence-electron chi connectivity index (χ3n) is 4.48. The normalized spacial score (nSPS) is 11.1. The summed E-state index contributed by atoms with van der Waals surface area (Å²) in [5.41, 5.74) is 2.36. The van der Waals surface area contributed by atoms with Gasteiger partial charge in [-0.2, -0.15) is 5.10 Å². The second kappa shape index (κ2) is 9.36. The number of carbonyl (C=O) groups is 1. The summed E-state index contributed by atoms with van der Waals surface area (Å²) in [6, 6.07) is 16.6. The minimum Gasteiger partial charge on any atom is -0.465 e. The zero-order valence-corrected chi connectivity index (χ0v) is 17.6. The van der Waals surface area contributed by atoms with Crippen LogP contribution in [0, 0.1) is 6.92 Å². The summed E-state index contributed by atoms with van der Waals surface area (Å²) in [6.45, 7) is 2.46. The van der Waals surface area contributed by atoms with Crippen molar-refractivity contribution in [1.82, 2.24) is 20.1 Å². The van der Waals surface area contributed by atoms with Gasteiger partial charge in [-0.15, -0.1) is 11.3 Å². The first kappa shape index (κ1) is 20.5. The van der Waals surface area contributed by atoms with Crippen LogP contribution in [-0.2, 0) is 11.3 Å². The van der Waals surface area contributed by atoms with Crippen molar-refractivity contribution >= 4 is 23.3 Å². The van der Waals surface area contributed by atoms with E-state index in [0.717, 1.165) is 21.1 Å². The fraction of sp³-hybridized carbons (Fsp3) is 0.130. The Hall–Kier alpha value is -3.78. The van der Waals surface area contributed by atoms with Crippen molar-refractivity contribution in [2.24, 2.45) is 0 Å². The number of nitrogens with one attached hydrogen (secondary N) is 1. The minimum atomic E-state index is -0.272. The Morgan fingerprint density at radius 3 is 2.77 bits per heavy atom. The fourth-order valence-electron chi connectivity index (χ4n) is 2.96. The molecule has 0 fully saturated rings. The van der Waals surface area contributed by atoms with Crippen molar-refractivity contribution in [3.63, 3.8) is 0 Å². The largest absolute Gasteiger partial charge is 0.465 e. The minimum absolute atomic E-state index is 0.227. The van der Waals surface area contributed by atoms with Crippen LogP contribution in [0.2, 0.25) is 0 Å². The van der Waals surface area contributed by atoms with E-state index in [1.165, 1.54) is 34.4 Å².